The van der Waals surface area contributed by atoms with Crippen LogP contribution < -0.4 is 16.7 Å². The maximum absolute atomic E-state index is 13.4. The molecule has 0 saturated carbocycles. The minimum Gasteiger partial charge on any atom is -0.379 e. The number of amides is 1. The van der Waals surface area contributed by atoms with Crippen LogP contribution in [0.1, 0.15) is 27.2 Å². The summed E-state index contributed by atoms with van der Waals surface area (Å²) in [6.07, 6.45) is -2.59. The largest absolute Gasteiger partial charge is 0.416 e. The summed E-state index contributed by atoms with van der Waals surface area (Å²) >= 11 is 0. The fourth-order valence-electron chi connectivity index (χ4n) is 4.60. The lowest BCUT2D eigenvalue weighted by atomic mass is 10.1. The van der Waals surface area contributed by atoms with E-state index in [2.05, 4.69) is 25.2 Å². The molecule has 1 fully saturated rings. The molecule has 0 atom stereocenters. The Kier molecular flexibility index (Phi) is 7.50. The molecule has 1 aliphatic rings. The van der Waals surface area contributed by atoms with Crippen LogP contribution in [0, 0.1) is 6.92 Å². The van der Waals surface area contributed by atoms with Crippen molar-refractivity contribution in [3.8, 4) is 5.69 Å². The number of benzene rings is 2. The summed E-state index contributed by atoms with van der Waals surface area (Å²) in [4.78, 5) is 40.8. The lowest BCUT2D eigenvalue weighted by Crippen LogP contribution is -2.38. The van der Waals surface area contributed by atoms with Crippen molar-refractivity contribution in [1.29, 1.82) is 0 Å². The molecule has 3 heterocycles. The summed E-state index contributed by atoms with van der Waals surface area (Å²) in [5, 5.41) is 3.19. The van der Waals surface area contributed by atoms with Crippen LogP contribution in [-0.2, 0) is 17.3 Å². The number of fused-ring (bicyclic) bond motifs is 1. The van der Waals surface area contributed by atoms with Gasteiger partial charge in [0.15, 0.2) is 5.65 Å². The van der Waals surface area contributed by atoms with E-state index >= 15 is 0 Å². The number of carbonyl (C=O) groups excluding carboxylic acids is 1. The minimum atomic E-state index is -4.58. The highest BCUT2D eigenvalue weighted by molar-refractivity contribution is 6.04. The van der Waals surface area contributed by atoms with E-state index in [1.807, 2.05) is 0 Å². The van der Waals surface area contributed by atoms with Crippen molar-refractivity contribution in [2.45, 2.75) is 19.5 Å². The molecule has 2 aromatic carbocycles. The average Bonchev–Trinajstić information content (AvgIpc) is 2.93. The number of aryl methyl sites for hydroxylation is 1. The van der Waals surface area contributed by atoms with Gasteiger partial charge in [0.05, 0.1) is 29.9 Å². The number of hydrogen-bond acceptors (Lipinski definition) is 8. The van der Waals surface area contributed by atoms with Crippen molar-refractivity contribution in [3.63, 3.8) is 0 Å². The lowest BCUT2D eigenvalue weighted by Gasteiger charge is -2.27. The Bertz CT molecular complexity index is 1630. The molecule has 13 heteroatoms. The topological polar surface area (TPSA) is 128 Å². The zero-order chi connectivity index (χ0) is 28.4. The van der Waals surface area contributed by atoms with Crippen LogP contribution in [0.25, 0.3) is 16.7 Å². The molecule has 4 aromatic rings. The van der Waals surface area contributed by atoms with Gasteiger partial charge in [-0.25, -0.2) is 9.78 Å². The van der Waals surface area contributed by atoms with Gasteiger partial charge in [0, 0.05) is 49.2 Å². The van der Waals surface area contributed by atoms with Crippen molar-refractivity contribution in [2.75, 3.05) is 43.9 Å². The number of ether oxygens (including phenoxy) is 1. The second-order valence-corrected chi connectivity index (χ2v) is 9.38. The lowest BCUT2D eigenvalue weighted by molar-refractivity contribution is -0.137. The number of hydrogen-bond donors (Lipinski definition) is 2. The second-order valence-electron chi connectivity index (χ2n) is 9.38. The van der Waals surface area contributed by atoms with E-state index in [0.29, 0.717) is 54.2 Å². The number of nitrogens with one attached hydrogen (secondary N) is 1. The number of anilines is 2. The zero-order valence-electron chi connectivity index (χ0n) is 21.5. The molecule has 3 N–H and O–H groups in total. The molecule has 1 saturated heterocycles. The number of carbonyl (C=O) groups is 1. The normalized spacial score (nSPS) is 14.4. The highest BCUT2D eigenvalue weighted by atomic mass is 19.4. The van der Waals surface area contributed by atoms with Crippen LogP contribution >= 0.6 is 0 Å². The fourth-order valence-corrected chi connectivity index (χ4v) is 4.60. The van der Waals surface area contributed by atoms with Crippen molar-refractivity contribution in [3.05, 3.63) is 81.5 Å². The molecule has 1 aliphatic heterocycles. The molecule has 0 aliphatic carbocycles. The third-order valence-corrected chi connectivity index (χ3v) is 6.69. The highest BCUT2D eigenvalue weighted by Gasteiger charge is 2.31. The van der Waals surface area contributed by atoms with Gasteiger partial charge in [-0.15, -0.1) is 0 Å². The molecule has 0 unspecified atom stereocenters. The van der Waals surface area contributed by atoms with Crippen molar-refractivity contribution in [2.24, 2.45) is 0 Å². The Morgan fingerprint density at radius 2 is 1.90 bits per heavy atom. The first kappa shape index (κ1) is 27.2. The van der Waals surface area contributed by atoms with Crippen LogP contribution in [0.4, 0.5) is 24.8 Å². The predicted molar refractivity (Wildman–Crippen MR) is 142 cm³/mol. The molecule has 0 bridgehead atoms. The first-order valence-corrected chi connectivity index (χ1v) is 12.5. The predicted octanol–water partition coefficient (Wildman–Crippen LogP) is 3.21. The molecule has 40 heavy (non-hydrogen) atoms. The SMILES string of the molecule is Cc1ccc(NC(=O)c2cccc(C(F)(F)F)c2)cc1-n1c(CCN2CCOCC2)c2cnc(N)nc2nc1=O. The van der Waals surface area contributed by atoms with Crippen LogP contribution in [0.2, 0.25) is 0 Å². The average molecular weight is 554 g/mol. The number of halogens is 3. The van der Waals surface area contributed by atoms with E-state index in [4.69, 9.17) is 10.5 Å². The number of nitrogens with zero attached hydrogens (tertiary/aromatic N) is 5. The van der Waals surface area contributed by atoms with E-state index in [-0.39, 0.29) is 17.2 Å². The van der Waals surface area contributed by atoms with Gasteiger partial charge in [0.1, 0.15) is 0 Å². The van der Waals surface area contributed by atoms with Gasteiger partial charge in [-0.1, -0.05) is 12.1 Å². The number of nitrogens with two attached hydrogens (primary N) is 1. The quantitative estimate of drug-likeness (QED) is 0.373. The Morgan fingerprint density at radius 3 is 2.65 bits per heavy atom. The number of alkyl halides is 3. The van der Waals surface area contributed by atoms with Gasteiger partial charge in [-0.2, -0.15) is 23.1 Å². The second kappa shape index (κ2) is 11.0. The molecule has 2 aromatic heterocycles. The van der Waals surface area contributed by atoms with E-state index in [0.717, 1.165) is 25.2 Å². The summed E-state index contributed by atoms with van der Waals surface area (Å²) < 4.78 is 46.3. The Labute approximate surface area is 226 Å². The standard InChI is InChI=1S/C27H26F3N7O3/c1-16-5-6-19(33-24(38)17-3-2-4-18(13-17)27(28,29)30)14-22(16)37-21(7-8-36-9-11-40-12-10-36)20-15-32-25(31)34-23(20)35-26(37)39/h2-6,13-15H,7-12H2,1H3,(H,33,38)(H2,31,34,35,39). The summed E-state index contributed by atoms with van der Waals surface area (Å²) in [5.41, 5.74) is 6.33. The first-order chi connectivity index (χ1) is 19.1. The van der Waals surface area contributed by atoms with Crippen molar-refractivity contribution >= 4 is 28.6 Å². The molecular formula is C27H26F3N7O3. The number of rotatable bonds is 6. The number of nitrogen functional groups attached to an aromatic ring is 1. The van der Waals surface area contributed by atoms with Crippen LogP contribution in [-0.4, -0.2) is 63.2 Å². The zero-order valence-corrected chi connectivity index (χ0v) is 21.5. The van der Waals surface area contributed by atoms with Gasteiger partial charge < -0.3 is 15.8 Å². The summed E-state index contributed by atoms with van der Waals surface area (Å²) in [6.45, 7) is 5.19. The first-order valence-electron chi connectivity index (χ1n) is 12.5. The summed E-state index contributed by atoms with van der Waals surface area (Å²) in [5.74, 6) is -0.729. The number of aromatic nitrogens is 4. The van der Waals surface area contributed by atoms with Gasteiger partial charge in [-0.3, -0.25) is 14.3 Å². The minimum absolute atomic E-state index is 0.00763. The Morgan fingerprint density at radius 1 is 1.12 bits per heavy atom. The molecule has 0 radical (unpaired) electrons. The molecule has 208 valence electrons. The van der Waals surface area contributed by atoms with Crippen molar-refractivity contribution < 1.29 is 22.7 Å². The Hall–Kier alpha value is -4.36. The molecule has 5 rings (SSSR count). The maximum Gasteiger partial charge on any atom is 0.416 e. The fraction of sp³-hybridized carbons (Fsp3) is 0.296. The van der Waals surface area contributed by atoms with Crippen LogP contribution in [0.15, 0.2) is 53.5 Å². The van der Waals surface area contributed by atoms with Crippen LogP contribution in [0.5, 0.6) is 0 Å². The third-order valence-electron chi connectivity index (χ3n) is 6.69. The summed E-state index contributed by atoms with van der Waals surface area (Å²) in [7, 11) is 0. The monoisotopic (exact) mass is 553 g/mol. The molecular weight excluding hydrogens is 527 g/mol. The summed E-state index contributed by atoms with van der Waals surface area (Å²) in [6, 6.07) is 9.07. The van der Waals surface area contributed by atoms with E-state index in [9.17, 15) is 22.8 Å². The third kappa shape index (κ3) is 5.80. The smallest absolute Gasteiger partial charge is 0.379 e. The van der Waals surface area contributed by atoms with Gasteiger partial charge in [0.25, 0.3) is 5.91 Å². The van der Waals surface area contributed by atoms with Crippen molar-refractivity contribution in [1.82, 2.24) is 24.4 Å². The molecule has 10 nitrogen and oxygen atoms in total. The van der Waals surface area contributed by atoms with E-state index in [1.165, 1.54) is 22.9 Å². The highest BCUT2D eigenvalue weighted by Crippen LogP contribution is 2.30. The van der Waals surface area contributed by atoms with Crippen LogP contribution in [0.3, 0.4) is 0 Å². The molecule has 0 spiro atoms. The Balaban J connectivity index is 1.53. The molecule has 1 amide bonds. The van der Waals surface area contributed by atoms with Gasteiger partial charge in [0.2, 0.25) is 5.95 Å². The van der Waals surface area contributed by atoms with E-state index < -0.39 is 23.3 Å². The van der Waals surface area contributed by atoms with Gasteiger partial charge in [-0.05, 0) is 42.8 Å². The number of morpholine rings is 1. The van der Waals surface area contributed by atoms with Gasteiger partial charge >= 0.3 is 11.9 Å². The maximum atomic E-state index is 13.4. The van der Waals surface area contributed by atoms with E-state index in [1.54, 1.807) is 25.1 Å².